The molecular formula is C21H22N4O5S. The van der Waals surface area contributed by atoms with Crippen molar-refractivity contribution in [3.05, 3.63) is 65.7 Å². The molecule has 1 heterocycles. The number of nitrogens with one attached hydrogen (secondary N) is 2. The summed E-state index contributed by atoms with van der Waals surface area (Å²) in [5.74, 6) is -1.30. The third kappa shape index (κ3) is 5.34. The molecule has 0 bridgehead atoms. The summed E-state index contributed by atoms with van der Waals surface area (Å²) in [6.45, 7) is 1.27. The minimum absolute atomic E-state index is 0.269. The lowest BCUT2D eigenvalue weighted by Gasteiger charge is -2.27. The Morgan fingerprint density at radius 3 is 2.58 bits per heavy atom. The van der Waals surface area contributed by atoms with Gasteiger partial charge in [0.2, 0.25) is 5.91 Å². The minimum atomic E-state index is -1.08. The summed E-state index contributed by atoms with van der Waals surface area (Å²) in [6.07, 6.45) is 0. The predicted molar refractivity (Wildman–Crippen MR) is 117 cm³/mol. The highest BCUT2D eigenvalue weighted by Gasteiger charge is 2.42. The molecule has 0 unspecified atom stereocenters. The molecule has 1 saturated heterocycles. The van der Waals surface area contributed by atoms with Gasteiger partial charge in [0, 0.05) is 17.0 Å². The van der Waals surface area contributed by atoms with Crippen molar-refractivity contribution < 1.29 is 24.7 Å². The first-order valence-electron chi connectivity index (χ1n) is 9.45. The first-order valence-corrected chi connectivity index (χ1v) is 10.5. The van der Waals surface area contributed by atoms with Gasteiger partial charge in [-0.1, -0.05) is 47.6 Å². The van der Waals surface area contributed by atoms with Crippen molar-refractivity contribution in [2.45, 2.75) is 18.3 Å². The van der Waals surface area contributed by atoms with Crippen LogP contribution < -0.4 is 10.6 Å². The van der Waals surface area contributed by atoms with Gasteiger partial charge in [0.15, 0.2) is 0 Å². The Morgan fingerprint density at radius 2 is 1.90 bits per heavy atom. The van der Waals surface area contributed by atoms with Crippen LogP contribution in [0.2, 0.25) is 0 Å². The minimum Gasteiger partial charge on any atom is -0.480 e. The van der Waals surface area contributed by atoms with E-state index in [2.05, 4.69) is 15.8 Å². The summed E-state index contributed by atoms with van der Waals surface area (Å²) < 4.78 is 0. The summed E-state index contributed by atoms with van der Waals surface area (Å²) >= 11 is 1.38. The number of carbonyl (C=O) groups excluding carboxylic acids is 2. The number of urea groups is 1. The molecule has 3 rings (SSSR count). The number of hydrogen-bond acceptors (Lipinski definition) is 6. The Morgan fingerprint density at radius 1 is 1.16 bits per heavy atom. The summed E-state index contributed by atoms with van der Waals surface area (Å²) in [6, 6.07) is 14.3. The van der Waals surface area contributed by atoms with Crippen LogP contribution in [-0.4, -0.2) is 57.2 Å². The molecule has 2 aromatic rings. The molecule has 3 amide bonds. The highest BCUT2D eigenvalue weighted by Crippen LogP contribution is 2.41. The van der Waals surface area contributed by atoms with Crippen LogP contribution in [0.3, 0.4) is 0 Å². The van der Waals surface area contributed by atoms with Crippen molar-refractivity contribution in [1.29, 1.82) is 0 Å². The molecule has 0 spiro atoms. The molecular weight excluding hydrogens is 420 g/mol. The first-order chi connectivity index (χ1) is 14.9. The van der Waals surface area contributed by atoms with Crippen molar-refractivity contribution in [2.75, 3.05) is 17.6 Å². The van der Waals surface area contributed by atoms with E-state index < -0.39 is 29.3 Å². The summed E-state index contributed by atoms with van der Waals surface area (Å²) in [4.78, 5) is 38.1. The molecule has 9 nitrogen and oxygen atoms in total. The zero-order chi connectivity index (χ0) is 22.4. The third-order valence-electron chi connectivity index (χ3n) is 4.75. The lowest BCUT2D eigenvalue weighted by molar-refractivity contribution is -0.148. The first kappa shape index (κ1) is 22.2. The maximum absolute atomic E-state index is 12.8. The van der Waals surface area contributed by atoms with E-state index >= 15 is 0 Å². The lowest BCUT2D eigenvalue weighted by Crippen LogP contribution is -2.47. The highest BCUT2D eigenvalue weighted by molar-refractivity contribution is 7.99. The van der Waals surface area contributed by atoms with E-state index in [-0.39, 0.29) is 12.3 Å². The average molecular weight is 442 g/mol. The van der Waals surface area contributed by atoms with Gasteiger partial charge in [0.25, 0.3) is 0 Å². The van der Waals surface area contributed by atoms with Gasteiger partial charge in [-0.05, 0) is 24.6 Å². The van der Waals surface area contributed by atoms with Crippen molar-refractivity contribution in [1.82, 2.24) is 10.2 Å². The molecule has 0 saturated carbocycles. The second-order valence-corrected chi connectivity index (χ2v) is 7.94. The van der Waals surface area contributed by atoms with Crippen molar-refractivity contribution in [3.8, 4) is 0 Å². The predicted octanol–water partition coefficient (Wildman–Crippen LogP) is 2.73. The molecule has 0 radical (unpaired) electrons. The molecule has 0 aliphatic carbocycles. The molecule has 0 aromatic heterocycles. The van der Waals surface area contributed by atoms with Crippen molar-refractivity contribution >= 4 is 41.1 Å². The largest absolute Gasteiger partial charge is 0.480 e. The molecule has 10 heteroatoms. The second kappa shape index (κ2) is 9.98. The molecule has 31 heavy (non-hydrogen) atoms. The van der Waals surface area contributed by atoms with Crippen molar-refractivity contribution in [3.63, 3.8) is 0 Å². The Hall–Kier alpha value is -3.53. The van der Waals surface area contributed by atoms with E-state index in [4.69, 9.17) is 5.21 Å². The van der Waals surface area contributed by atoms with Gasteiger partial charge < -0.3 is 25.8 Å². The SMILES string of the molecule is C/C(=N/O)c1cccc(NC(=O)NCC(=O)N2[C@@H](c3ccccc3)SC[C@H]2C(=O)O)c1. The molecule has 2 aromatic carbocycles. The molecule has 4 N–H and O–H groups in total. The third-order valence-corrected chi connectivity index (χ3v) is 6.07. The van der Waals surface area contributed by atoms with Crippen LogP contribution in [0, 0.1) is 0 Å². The van der Waals surface area contributed by atoms with Gasteiger partial charge in [-0.25, -0.2) is 9.59 Å². The smallest absolute Gasteiger partial charge is 0.327 e. The van der Waals surface area contributed by atoms with Gasteiger partial charge in [-0.2, -0.15) is 0 Å². The van der Waals surface area contributed by atoms with Gasteiger partial charge in [-0.3, -0.25) is 4.79 Å². The van der Waals surface area contributed by atoms with E-state index in [1.54, 1.807) is 31.2 Å². The summed E-state index contributed by atoms with van der Waals surface area (Å²) in [5.41, 5.74) is 2.29. The number of nitrogens with zero attached hydrogens (tertiary/aromatic N) is 2. The average Bonchev–Trinajstić information content (AvgIpc) is 3.23. The maximum atomic E-state index is 12.8. The number of anilines is 1. The highest BCUT2D eigenvalue weighted by atomic mass is 32.2. The Balaban J connectivity index is 1.65. The molecule has 1 aliphatic rings. The number of rotatable bonds is 6. The number of carboxylic acid groups (broad SMARTS) is 1. The van der Waals surface area contributed by atoms with Gasteiger partial charge in [0.05, 0.1) is 12.3 Å². The normalized spacial score (nSPS) is 18.5. The van der Waals surface area contributed by atoms with Crippen LogP contribution >= 0.6 is 11.8 Å². The van der Waals surface area contributed by atoms with Gasteiger partial charge in [-0.15, -0.1) is 11.8 Å². The van der Waals surface area contributed by atoms with E-state index in [1.807, 2.05) is 30.3 Å². The number of amides is 3. The Bertz CT molecular complexity index is 998. The Labute approximate surface area is 183 Å². The fourth-order valence-corrected chi connectivity index (χ4v) is 4.62. The van der Waals surface area contributed by atoms with E-state index in [0.29, 0.717) is 17.0 Å². The molecule has 1 aliphatic heterocycles. The fourth-order valence-electron chi connectivity index (χ4n) is 3.18. The fraction of sp³-hybridized carbons (Fsp3) is 0.238. The number of carboxylic acids is 1. The Kier molecular flexibility index (Phi) is 7.14. The van der Waals surface area contributed by atoms with Gasteiger partial charge in [0.1, 0.15) is 11.4 Å². The number of benzene rings is 2. The molecule has 2 atom stereocenters. The zero-order valence-electron chi connectivity index (χ0n) is 16.7. The van der Waals surface area contributed by atoms with Gasteiger partial charge >= 0.3 is 12.0 Å². The van der Waals surface area contributed by atoms with Crippen LogP contribution in [0.15, 0.2) is 59.8 Å². The maximum Gasteiger partial charge on any atom is 0.327 e. The number of oxime groups is 1. The molecule has 1 fully saturated rings. The van der Waals surface area contributed by atoms with Crippen LogP contribution in [-0.2, 0) is 9.59 Å². The monoisotopic (exact) mass is 442 g/mol. The van der Waals surface area contributed by atoms with E-state index in [0.717, 1.165) is 5.56 Å². The molecule has 162 valence electrons. The number of hydrogen-bond donors (Lipinski definition) is 4. The summed E-state index contributed by atoms with van der Waals surface area (Å²) in [7, 11) is 0. The van der Waals surface area contributed by atoms with Crippen LogP contribution in [0.5, 0.6) is 0 Å². The standard InChI is InChI=1S/C21H22N4O5S/c1-13(24-30)15-8-5-9-16(10-15)23-21(29)22-11-18(26)25-17(20(27)28)12-31-19(25)14-6-3-2-4-7-14/h2-10,17,19,30H,11-12H2,1H3,(H,27,28)(H2,22,23,29)/b24-13-/t17-,19+/m0/s1. The van der Waals surface area contributed by atoms with Crippen LogP contribution in [0.1, 0.15) is 23.4 Å². The van der Waals surface area contributed by atoms with Crippen LogP contribution in [0.25, 0.3) is 0 Å². The zero-order valence-corrected chi connectivity index (χ0v) is 17.5. The number of thioether (sulfide) groups is 1. The topological polar surface area (TPSA) is 131 Å². The number of carbonyl (C=O) groups is 3. The van der Waals surface area contributed by atoms with E-state index in [1.165, 1.54) is 16.7 Å². The quantitative estimate of drug-likeness (QED) is 0.309. The summed E-state index contributed by atoms with van der Waals surface area (Å²) in [5, 5.41) is 26.2. The second-order valence-electron chi connectivity index (χ2n) is 6.83. The van der Waals surface area contributed by atoms with E-state index in [9.17, 15) is 19.5 Å². The lowest BCUT2D eigenvalue weighted by atomic mass is 10.1. The number of aliphatic carboxylic acids is 1. The van der Waals surface area contributed by atoms with Crippen molar-refractivity contribution in [2.24, 2.45) is 5.16 Å². The van der Waals surface area contributed by atoms with Crippen LogP contribution in [0.4, 0.5) is 10.5 Å².